The zero-order chi connectivity index (χ0) is 13.0. The molecular formula is C12H18N4OS. The molecule has 98 valence electrons. The van der Waals surface area contributed by atoms with Crippen LogP contribution < -0.4 is 10.2 Å². The number of aromatic nitrogens is 2. The first-order chi connectivity index (χ1) is 8.80. The van der Waals surface area contributed by atoms with Gasteiger partial charge in [-0.15, -0.1) is 11.3 Å². The minimum Gasteiger partial charge on any atom is -0.396 e. The highest BCUT2D eigenvalue weighted by atomic mass is 32.1. The molecule has 0 saturated heterocycles. The third-order valence-corrected chi connectivity index (χ3v) is 3.60. The fourth-order valence-electron chi connectivity index (χ4n) is 1.87. The molecule has 6 heteroatoms. The van der Waals surface area contributed by atoms with Gasteiger partial charge in [0.1, 0.15) is 10.6 Å². The highest BCUT2D eigenvalue weighted by Crippen LogP contribution is 2.29. The van der Waals surface area contributed by atoms with Gasteiger partial charge < -0.3 is 15.3 Å². The monoisotopic (exact) mass is 266 g/mol. The van der Waals surface area contributed by atoms with Crippen molar-refractivity contribution >= 4 is 33.3 Å². The lowest BCUT2D eigenvalue weighted by molar-refractivity contribution is 0.289. The summed E-state index contributed by atoms with van der Waals surface area (Å²) in [6.45, 7) is 3.97. The molecule has 0 aliphatic rings. The van der Waals surface area contributed by atoms with E-state index < -0.39 is 0 Å². The van der Waals surface area contributed by atoms with Gasteiger partial charge in [-0.1, -0.05) is 0 Å². The van der Waals surface area contributed by atoms with E-state index in [0.717, 1.165) is 35.5 Å². The standard InChI is InChI=1S/C12H18N4OS/c1-3-16(6-4-7-17)10-9-5-8-18-11(9)15-12(13-2)14-10/h5,8,17H,3-4,6-7H2,1-2H3,(H,13,14,15). The number of fused-ring (bicyclic) bond motifs is 1. The SMILES string of the molecule is CCN(CCCO)c1nc(NC)nc2sccc12. The van der Waals surface area contributed by atoms with Crippen LogP contribution in [0, 0.1) is 0 Å². The molecule has 2 N–H and O–H groups in total. The summed E-state index contributed by atoms with van der Waals surface area (Å²) < 4.78 is 0. The number of aliphatic hydroxyl groups is 1. The van der Waals surface area contributed by atoms with Crippen LogP contribution in [0.1, 0.15) is 13.3 Å². The van der Waals surface area contributed by atoms with Crippen molar-refractivity contribution in [3.05, 3.63) is 11.4 Å². The van der Waals surface area contributed by atoms with Crippen LogP contribution >= 0.6 is 11.3 Å². The Morgan fingerprint density at radius 2 is 2.28 bits per heavy atom. The first-order valence-corrected chi connectivity index (χ1v) is 6.97. The largest absolute Gasteiger partial charge is 0.396 e. The number of nitrogens with zero attached hydrogens (tertiary/aromatic N) is 3. The van der Waals surface area contributed by atoms with E-state index in [9.17, 15) is 0 Å². The first-order valence-electron chi connectivity index (χ1n) is 6.09. The summed E-state index contributed by atoms with van der Waals surface area (Å²) in [5.74, 6) is 1.59. The molecule has 0 aromatic carbocycles. The van der Waals surface area contributed by atoms with Crippen molar-refractivity contribution in [1.82, 2.24) is 9.97 Å². The maximum absolute atomic E-state index is 8.96. The maximum atomic E-state index is 8.96. The predicted octanol–water partition coefficient (Wildman–Crippen LogP) is 1.94. The second kappa shape index (κ2) is 5.97. The Bertz CT molecular complexity index is 514. The normalized spacial score (nSPS) is 10.8. The molecule has 0 unspecified atom stereocenters. The molecule has 18 heavy (non-hydrogen) atoms. The molecule has 0 saturated carbocycles. The number of hydrogen-bond acceptors (Lipinski definition) is 6. The quantitative estimate of drug-likeness (QED) is 0.836. The van der Waals surface area contributed by atoms with Crippen molar-refractivity contribution in [3.8, 4) is 0 Å². The van der Waals surface area contributed by atoms with Crippen molar-refractivity contribution < 1.29 is 5.11 Å². The van der Waals surface area contributed by atoms with E-state index in [-0.39, 0.29) is 6.61 Å². The van der Waals surface area contributed by atoms with Crippen LogP contribution in [-0.2, 0) is 0 Å². The van der Waals surface area contributed by atoms with Crippen LogP contribution in [0.25, 0.3) is 10.2 Å². The van der Waals surface area contributed by atoms with E-state index in [0.29, 0.717) is 5.95 Å². The van der Waals surface area contributed by atoms with E-state index in [4.69, 9.17) is 5.11 Å². The lowest BCUT2D eigenvalue weighted by Gasteiger charge is -2.22. The molecular weight excluding hydrogens is 248 g/mol. The summed E-state index contributed by atoms with van der Waals surface area (Å²) in [6, 6.07) is 2.05. The molecule has 2 aromatic heterocycles. The van der Waals surface area contributed by atoms with E-state index in [1.807, 2.05) is 12.4 Å². The molecule has 0 aliphatic carbocycles. The number of aliphatic hydroxyl groups excluding tert-OH is 1. The van der Waals surface area contributed by atoms with Crippen molar-refractivity contribution in [1.29, 1.82) is 0 Å². The average Bonchev–Trinajstić information content (AvgIpc) is 2.87. The Morgan fingerprint density at radius 3 is 2.94 bits per heavy atom. The minimum absolute atomic E-state index is 0.202. The third-order valence-electron chi connectivity index (χ3n) is 2.80. The Morgan fingerprint density at radius 1 is 1.44 bits per heavy atom. The van der Waals surface area contributed by atoms with Crippen LogP contribution in [0.15, 0.2) is 11.4 Å². The summed E-state index contributed by atoms with van der Waals surface area (Å²) >= 11 is 1.62. The van der Waals surface area contributed by atoms with Crippen LogP contribution in [0.4, 0.5) is 11.8 Å². The fourth-order valence-corrected chi connectivity index (χ4v) is 2.63. The molecule has 0 amide bonds. The number of thiophene rings is 1. The molecule has 0 spiro atoms. The molecule has 0 fully saturated rings. The van der Waals surface area contributed by atoms with E-state index >= 15 is 0 Å². The van der Waals surface area contributed by atoms with Gasteiger partial charge in [-0.25, -0.2) is 4.98 Å². The Balaban J connectivity index is 2.42. The molecule has 0 atom stereocenters. The van der Waals surface area contributed by atoms with Crippen LogP contribution in [0.2, 0.25) is 0 Å². The Hall–Kier alpha value is -1.40. The second-order valence-corrected chi connectivity index (χ2v) is 4.81. The lowest BCUT2D eigenvalue weighted by Crippen LogP contribution is -2.26. The van der Waals surface area contributed by atoms with Gasteiger partial charge in [0.05, 0.1) is 5.39 Å². The zero-order valence-electron chi connectivity index (χ0n) is 10.7. The van der Waals surface area contributed by atoms with Gasteiger partial charge in [0.25, 0.3) is 0 Å². The van der Waals surface area contributed by atoms with Crippen LogP contribution in [-0.4, -0.2) is 41.8 Å². The Labute approximate surface area is 110 Å². The number of rotatable bonds is 6. The lowest BCUT2D eigenvalue weighted by atomic mass is 10.3. The highest BCUT2D eigenvalue weighted by Gasteiger charge is 2.13. The first kappa shape index (κ1) is 13.0. The number of hydrogen-bond donors (Lipinski definition) is 2. The van der Waals surface area contributed by atoms with E-state index in [2.05, 4.69) is 33.2 Å². The summed E-state index contributed by atoms with van der Waals surface area (Å²) in [5.41, 5.74) is 0. The van der Waals surface area contributed by atoms with Gasteiger partial charge in [0.15, 0.2) is 0 Å². The van der Waals surface area contributed by atoms with Gasteiger partial charge in [-0.2, -0.15) is 4.98 Å². The minimum atomic E-state index is 0.202. The van der Waals surface area contributed by atoms with Crippen molar-refractivity contribution in [2.45, 2.75) is 13.3 Å². The maximum Gasteiger partial charge on any atom is 0.225 e. The van der Waals surface area contributed by atoms with Crippen LogP contribution in [0.5, 0.6) is 0 Å². The van der Waals surface area contributed by atoms with Crippen molar-refractivity contribution in [2.24, 2.45) is 0 Å². The molecule has 0 bridgehead atoms. The molecule has 0 radical (unpaired) electrons. The topological polar surface area (TPSA) is 61.3 Å². The van der Waals surface area contributed by atoms with Gasteiger partial charge in [0.2, 0.25) is 5.95 Å². The average molecular weight is 266 g/mol. The number of anilines is 2. The molecule has 2 aromatic rings. The Kier molecular flexibility index (Phi) is 4.33. The van der Waals surface area contributed by atoms with Gasteiger partial charge in [0, 0.05) is 26.7 Å². The molecule has 5 nitrogen and oxygen atoms in total. The van der Waals surface area contributed by atoms with Gasteiger partial charge in [-0.3, -0.25) is 0 Å². The van der Waals surface area contributed by atoms with E-state index in [1.54, 1.807) is 11.3 Å². The summed E-state index contributed by atoms with van der Waals surface area (Å²) in [5, 5.41) is 15.1. The molecule has 0 aliphatic heterocycles. The van der Waals surface area contributed by atoms with Gasteiger partial charge >= 0.3 is 0 Å². The number of nitrogens with one attached hydrogen (secondary N) is 1. The third kappa shape index (κ3) is 2.54. The van der Waals surface area contributed by atoms with E-state index in [1.165, 1.54) is 0 Å². The van der Waals surface area contributed by atoms with Crippen molar-refractivity contribution in [3.63, 3.8) is 0 Å². The predicted molar refractivity (Wildman–Crippen MR) is 76.6 cm³/mol. The smallest absolute Gasteiger partial charge is 0.225 e. The highest BCUT2D eigenvalue weighted by molar-refractivity contribution is 7.16. The second-order valence-electron chi connectivity index (χ2n) is 3.92. The fraction of sp³-hybridized carbons (Fsp3) is 0.500. The molecule has 2 rings (SSSR count). The zero-order valence-corrected chi connectivity index (χ0v) is 11.5. The summed E-state index contributed by atoms with van der Waals surface area (Å²) in [4.78, 5) is 12.1. The summed E-state index contributed by atoms with van der Waals surface area (Å²) in [6.07, 6.45) is 0.748. The van der Waals surface area contributed by atoms with Gasteiger partial charge in [-0.05, 0) is 24.8 Å². The summed E-state index contributed by atoms with van der Waals surface area (Å²) in [7, 11) is 1.82. The molecule has 2 heterocycles. The van der Waals surface area contributed by atoms with Crippen molar-refractivity contribution in [2.75, 3.05) is 37.0 Å². The van der Waals surface area contributed by atoms with Crippen LogP contribution in [0.3, 0.4) is 0 Å².